The number of anilines is 1. The molecule has 30 heavy (non-hydrogen) atoms. The first-order valence-corrected chi connectivity index (χ1v) is 8.85. The summed E-state index contributed by atoms with van der Waals surface area (Å²) in [6.45, 7) is -0.232. The molecule has 0 spiro atoms. The highest BCUT2D eigenvalue weighted by atomic mass is 16.6. The topological polar surface area (TPSA) is 155 Å². The Morgan fingerprint density at radius 2 is 2.00 bits per heavy atom. The molecule has 0 aliphatic heterocycles. The average Bonchev–Trinajstić information content (AvgIpc) is 3.37. The third-order valence-corrected chi connectivity index (χ3v) is 4.17. The molecule has 0 saturated carbocycles. The standard InChI is InChI=1S/C19H16N6O5/c20-16-15(19(29-10-9-26)22-24(16)13-6-2-1-3-7-13)18-21-17(23-30-18)12-5-4-8-14(11-12)25(27)28/h1-8,11,26H,9-10,20H2. The molecule has 3 N–H and O–H groups in total. The van der Waals surface area contributed by atoms with Gasteiger partial charge in [0.25, 0.3) is 11.6 Å². The zero-order valence-corrected chi connectivity index (χ0v) is 15.5. The number of hydrogen-bond acceptors (Lipinski definition) is 9. The Hall–Kier alpha value is -4.25. The van der Waals surface area contributed by atoms with Crippen LogP contribution in [0.2, 0.25) is 0 Å². The second kappa shape index (κ2) is 8.01. The molecular weight excluding hydrogens is 392 g/mol. The van der Waals surface area contributed by atoms with E-state index in [1.165, 1.54) is 22.9 Å². The molecule has 4 rings (SSSR count). The molecule has 2 heterocycles. The second-order valence-electron chi connectivity index (χ2n) is 6.12. The fraction of sp³-hybridized carbons (Fsp3) is 0.105. The van der Waals surface area contributed by atoms with E-state index in [2.05, 4.69) is 15.2 Å². The molecule has 0 aliphatic carbocycles. The number of aliphatic hydroxyl groups is 1. The summed E-state index contributed by atoms with van der Waals surface area (Å²) in [5, 5.41) is 28.4. The van der Waals surface area contributed by atoms with Crippen molar-refractivity contribution in [2.75, 3.05) is 18.9 Å². The summed E-state index contributed by atoms with van der Waals surface area (Å²) in [6.07, 6.45) is 0. The molecule has 2 aromatic carbocycles. The van der Waals surface area contributed by atoms with Crippen molar-refractivity contribution in [3.8, 4) is 34.4 Å². The SMILES string of the molecule is Nc1c(-c2nc(-c3cccc([N+](=O)[O-])c3)no2)c(OCCO)nn1-c1ccccc1. The maximum Gasteiger partial charge on any atom is 0.270 e. The fourth-order valence-corrected chi connectivity index (χ4v) is 2.82. The summed E-state index contributed by atoms with van der Waals surface area (Å²) in [6, 6.07) is 15.0. The number of hydrogen-bond donors (Lipinski definition) is 2. The average molecular weight is 408 g/mol. The van der Waals surface area contributed by atoms with Crippen LogP contribution in [-0.4, -0.2) is 43.2 Å². The molecule has 0 fully saturated rings. The monoisotopic (exact) mass is 408 g/mol. The van der Waals surface area contributed by atoms with E-state index in [9.17, 15) is 10.1 Å². The number of nitrogen functional groups attached to an aromatic ring is 1. The highest BCUT2D eigenvalue weighted by Gasteiger charge is 2.25. The lowest BCUT2D eigenvalue weighted by Gasteiger charge is -2.02. The van der Waals surface area contributed by atoms with Crippen molar-refractivity contribution < 1.29 is 19.3 Å². The second-order valence-corrected chi connectivity index (χ2v) is 6.12. The number of aromatic nitrogens is 4. The molecular formula is C19H16N6O5. The first-order valence-electron chi connectivity index (χ1n) is 8.85. The van der Waals surface area contributed by atoms with Gasteiger partial charge in [-0.15, -0.1) is 5.10 Å². The summed E-state index contributed by atoms with van der Waals surface area (Å²) in [5.74, 6) is 0.487. The van der Waals surface area contributed by atoms with Gasteiger partial charge in [0.15, 0.2) is 0 Å². The molecule has 0 radical (unpaired) electrons. The number of para-hydroxylation sites is 1. The maximum absolute atomic E-state index is 11.0. The lowest BCUT2D eigenvalue weighted by molar-refractivity contribution is -0.384. The predicted octanol–water partition coefficient (Wildman–Crippen LogP) is 2.45. The van der Waals surface area contributed by atoms with E-state index in [1.54, 1.807) is 6.07 Å². The molecule has 0 aliphatic rings. The minimum atomic E-state index is -0.507. The predicted molar refractivity (Wildman–Crippen MR) is 106 cm³/mol. The van der Waals surface area contributed by atoms with E-state index >= 15 is 0 Å². The maximum atomic E-state index is 11.0. The molecule has 11 nitrogen and oxygen atoms in total. The van der Waals surface area contributed by atoms with Gasteiger partial charge >= 0.3 is 0 Å². The number of rotatable bonds is 7. The van der Waals surface area contributed by atoms with Gasteiger partial charge in [-0.3, -0.25) is 10.1 Å². The number of ether oxygens (including phenoxy) is 1. The van der Waals surface area contributed by atoms with Gasteiger partial charge in [-0.1, -0.05) is 35.5 Å². The Morgan fingerprint density at radius 1 is 1.20 bits per heavy atom. The highest BCUT2D eigenvalue weighted by molar-refractivity contribution is 5.76. The van der Waals surface area contributed by atoms with Crippen molar-refractivity contribution in [3.63, 3.8) is 0 Å². The molecule has 0 atom stereocenters. The van der Waals surface area contributed by atoms with E-state index in [0.29, 0.717) is 11.3 Å². The van der Waals surface area contributed by atoms with Gasteiger partial charge in [0.1, 0.15) is 18.0 Å². The van der Waals surface area contributed by atoms with Gasteiger partial charge < -0.3 is 20.1 Å². The van der Waals surface area contributed by atoms with Gasteiger partial charge in [-0.25, -0.2) is 4.68 Å². The zero-order chi connectivity index (χ0) is 21.1. The molecule has 0 amide bonds. The Bertz CT molecular complexity index is 1190. The number of benzene rings is 2. The first kappa shape index (κ1) is 19.1. The van der Waals surface area contributed by atoms with Gasteiger partial charge in [0.2, 0.25) is 11.7 Å². The summed E-state index contributed by atoms with van der Waals surface area (Å²) >= 11 is 0. The van der Waals surface area contributed by atoms with Crippen molar-refractivity contribution in [1.82, 2.24) is 19.9 Å². The number of nitro groups is 1. The lowest BCUT2D eigenvalue weighted by Crippen LogP contribution is -2.04. The normalized spacial score (nSPS) is 10.8. The van der Waals surface area contributed by atoms with E-state index in [0.717, 1.165) is 0 Å². The van der Waals surface area contributed by atoms with E-state index < -0.39 is 4.92 Å². The zero-order valence-electron chi connectivity index (χ0n) is 15.5. The molecule has 2 aromatic heterocycles. The Balaban J connectivity index is 1.78. The van der Waals surface area contributed by atoms with Gasteiger partial charge in [-0.2, -0.15) is 4.98 Å². The fourth-order valence-electron chi connectivity index (χ4n) is 2.82. The number of aliphatic hydroxyl groups excluding tert-OH is 1. The van der Waals surface area contributed by atoms with E-state index in [1.807, 2.05) is 30.3 Å². The van der Waals surface area contributed by atoms with Crippen LogP contribution in [0.4, 0.5) is 11.5 Å². The van der Waals surface area contributed by atoms with Crippen molar-refractivity contribution in [3.05, 3.63) is 64.7 Å². The van der Waals surface area contributed by atoms with Crippen LogP contribution >= 0.6 is 0 Å². The van der Waals surface area contributed by atoms with Gasteiger partial charge in [0, 0.05) is 17.7 Å². The third kappa shape index (κ3) is 3.56. The van der Waals surface area contributed by atoms with Gasteiger partial charge in [-0.05, 0) is 12.1 Å². The highest BCUT2D eigenvalue weighted by Crippen LogP contribution is 2.36. The lowest BCUT2D eigenvalue weighted by atomic mass is 10.2. The summed E-state index contributed by atoms with van der Waals surface area (Å²) < 4.78 is 12.3. The van der Waals surface area contributed by atoms with Crippen LogP contribution in [0, 0.1) is 10.1 Å². The van der Waals surface area contributed by atoms with Crippen molar-refractivity contribution >= 4 is 11.5 Å². The van der Waals surface area contributed by atoms with Crippen LogP contribution in [-0.2, 0) is 0 Å². The number of nitrogens with two attached hydrogens (primary N) is 1. The van der Waals surface area contributed by atoms with Crippen LogP contribution in [0.3, 0.4) is 0 Å². The number of nitrogens with zero attached hydrogens (tertiary/aromatic N) is 5. The largest absolute Gasteiger partial charge is 0.474 e. The quantitative estimate of drug-likeness (QED) is 0.346. The van der Waals surface area contributed by atoms with Crippen LogP contribution < -0.4 is 10.5 Å². The molecule has 0 unspecified atom stereocenters. The van der Waals surface area contributed by atoms with Crippen molar-refractivity contribution in [2.45, 2.75) is 0 Å². The van der Waals surface area contributed by atoms with E-state index in [-0.39, 0.29) is 47.9 Å². The Morgan fingerprint density at radius 3 is 2.73 bits per heavy atom. The van der Waals surface area contributed by atoms with Gasteiger partial charge in [0.05, 0.1) is 17.2 Å². The molecule has 152 valence electrons. The molecule has 0 saturated heterocycles. The Labute approximate surface area is 169 Å². The minimum Gasteiger partial charge on any atom is -0.474 e. The molecule has 11 heteroatoms. The van der Waals surface area contributed by atoms with Crippen LogP contribution in [0.15, 0.2) is 59.1 Å². The van der Waals surface area contributed by atoms with Crippen LogP contribution in [0.1, 0.15) is 0 Å². The first-order chi connectivity index (χ1) is 14.6. The number of non-ortho nitro benzene ring substituents is 1. The van der Waals surface area contributed by atoms with Crippen molar-refractivity contribution in [2.24, 2.45) is 0 Å². The van der Waals surface area contributed by atoms with Crippen LogP contribution in [0.25, 0.3) is 28.5 Å². The summed E-state index contributed by atoms with van der Waals surface area (Å²) in [7, 11) is 0. The summed E-state index contributed by atoms with van der Waals surface area (Å²) in [5.41, 5.74) is 7.55. The Kier molecular flexibility index (Phi) is 5.09. The van der Waals surface area contributed by atoms with Crippen LogP contribution in [0.5, 0.6) is 5.88 Å². The molecule has 0 bridgehead atoms. The third-order valence-electron chi connectivity index (χ3n) is 4.17. The van der Waals surface area contributed by atoms with E-state index in [4.69, 9.17) is 20.1 Å². The minimum absolute atomic E-state index is 0.00980. The smallest absolute Gasteiger partial charge is 0.270 e. The van der Waals surface area contributed by atoms with Crippen molar-refractivity contribution in [1.29, 1.82) is 0 Å². The summed E-state index contributed by atoms with van der Waals surface area (Å²) in [4.78, 5) is 14.8. The number of nitro benzene ring substituents is 1. The molecule has 4 aromatic rings.